The molecule has 0 spiro atoms. The molecule has 5 heteroatoms. The second kappa shape index (κ2) is 8.85. The molecule has 0 N–H and O–H groups in total. The second-order valence-electron chi connectivity index (χ2n) is 6.46. The fourth-order valence-electron chi connectivity index (χ4n) is 3.09. The number of aldehydes is 1. The summed E-state index contributed by atoms with van der Waals surface area (Å²) >= 11 is 0. The third kappa shape index (κ3) is 4.33. The van der Waals surface area contributed by atoms with Crippen LogP contribution in [0, 0.1) is 18.3 Å². The Kier molecular flexibility index (Phi) is 6.06. The lowest BCUT2D eigenvalue weighted by Gasteiger charge is -2.12. The highest BCUT2D eigenvalue weighted by molar-refractivity contribution is 5.95. The van der Waals surface area contributed by atoms with E-state index in [9.17, 15) is 14.9 Å². The molecule has 0 unspecified atom stereocenters. The Morgan fingerprint density at radius 3 is 2.59 bits per heavy atom. The predicted molar refractivity (Wildman–Crippen MR) is 109 cm³/mol. The average molecular weight is 385 g/mol. The van der Waals surface area contributed by atoms with Gasteiger partial charge in [0.05, 0.1) is 18.2 Å². The monoisotopic (exact) mass is 385 g/mol. The summed E-state index contributed by atoms with van der Waals surface area (Å²) in [6.45, 7) is 2.21. The SMILES string of the molecule is COC(=O)c1cccc(-c2cccc(COc3ccc(C=O)cc3C)c2)c1C#N. The fraction of sp³-hybridized carbons (Fsp3) is 0.125. The summed E-state index contributed by atoms with van der Waals surface area (Å²) in [6, 6.07) is 20.1. The molecule has 0 saturated carbocycles. The number of carbonyl (C=O) groups excluding carboxylic acids is 2. The Hall–Kier alpha value is -3.91. The molecule has 0 atom stereocenters. The maximum absolute atomic E-state index is 12.0. The molecule has 0 heterocycles. The van der Waals surface area contributed by atoms with Crippen molar-refractivity contribution >= 4 is 12.3 Å². The van der Waals surface area contributed by atoms with Gasteiger partial charge in [0.15, 0.2) is 0 Å². The summed E-state index contributed by atoms with van der Waals surface area (Å²) < 4.78 is 10.7. The molecule has 0 aliphatic carbocycles. The van der Waals surface area contributed by atoms with Crippen molar-refractivity contribution < 1.29 is 19.1 Å². The summed E-state index contributed by atoms with van der Waals surface area (Å²) in [5.74, 6) is 0.156. The van der Waals surface area contributed by atoms with E-state index in [4.69, 9.17) is 9.47 Å². The zero-order chi connectivity index (χ0) is 20.8. The first-order valence-corrected chi connectivity index (χ1v) is 8.96. The topological polar surface area (TPSA) is 76.4 Å². The van der Waals surface area contributed by atoms with Crippen LogP contribution in [0.1, 0.15) is 37.4 Å². The predicted octanol–water partition coefficient (Wildman–Crippen LogP) is 4.71. The van der Waals surface area contributed by atoms with Crippen molar-refractivity contribution in [3.63, 3.8) is 0 Å². The molecule has 144 valence electrons. The van der Waals surface area contributed by atoms with Gasteiger partial charge in [-0.3, -0.25) is 4.79 Å². The van der Waals surface area contributed by atoms with Crippen LogP contribution in [0.25, 0.3) is 11.1 Å². The highest BCUT2D eigenvalue weighted by Crippen LogP contribution is 2.28. The van der Waals surface area contributed by atoms with E-state index in [1.807, 2.05) is 31.2 Å². The third-order valence-electron chi connectivity index (χ3n) is 4.55. The van der Waals surface area contributed by atoms with Crippen molar-refractivity contribution in [3.8, 4) is 22.9 Å². The highest BCUT2D eigenvalue weighted by Gasteiger charge is 2.16. The first-order chi connectivity index (χ1) is 14.1. The molecule has 29 heavy (non-hydrogen) atoms. The summed E-state index contributed by atoms with van der Waals surface area (Å²) in [4.78, 5) is 22.8. The van der Waals surface area contributed by atoms with Gasteiger partial charge in [0.25, 0.3) is 0 Å². The van der Waals surface area contributed by atoms with Gasteiger partial charge in [-0.15, -0.1) is 0 Å². The zero-order valence-corrected chi connectivity index (χ0v) is 16.1. The van der Waals surface area contributed by atoms with E-state index < -0.39 is 5.97 Å². The number of nitrogens with zero attached hydrogens (tertiary/aromatic N) is 1. The van der Waals surface area contributed by atoms with E-state index in [0.29, 0.717) is 23.5 Å². The highest BCUT2D eigenvalue weighted by atomic mass is 16.5. The van der Waals surface area contributed by atoms with Gasteiger partial charge in [0, 0.05) is 11.1 Å². The normalized spacial score (nSPS) is 10.1. The fourth-order valence-corrected chi connectivity index (χ4v) is 3.09. The Morgan fingerprint density at radius 1 is 1.10 bits per heavy atom. The van der Waals surface area contributed by atoms with Gasteiger partial charge in [-0.1, -0.05) is 30.3 Å². The summed E-state index contributed by atoms with van der Waals surface area (Å²) in [5, 5.41) is 9.59. The second-order valence-corrected chi connectivity index (χ2v) is 6.46. The molecule has 5 nitrogen and oxygen atoms in total. The average Bonchev–Trinajstić information content (AvgIpc) is 2.77. The maximum Gasteiger partial charge on any atom is 0.339 e. The number of esters is 1. The van der Waals surface area contributed by atoms with Crippen LogP contribution in [0.15, 0.2) is 60.7 Å². The first-order valence-electron chi connectivity index (χ1n) is 8.96. The Labute approximate surface area is 169 Å². The minimum absolute atomic E-state index is 0.236. The van der Waals surface area contributed by atoms with Gasteiger partial charge >= 0.3 is 5.97 Å². The lowest BCUT2D eigenvalue weighted by atomic mass is 9.95. The zero-order valence-electron chi connectivity index (χ0n) is 16.1. The lowest BCUT2D eigenvalue weighted by molar-refractivity contribution is 0.0600. The van der Waals surface area contributed by atoms with Crippen molar-refractivity contribution in [1.29, 1.82) is 5.26 Å². The molecule has 0 fully saturated rings. The molecular weight excluding hydrogens is 366 g/mol. The van der Waals surface area contributed by atoms with Crippen molar-refractivity contribution in [2.24, 2.45) is 0 Å². The largest absolute Gasteiger partial charge is 0.489 e. The quantitative estimate of drug-likeness (QED) is 0.454. The van der Waals surface area contributed by atoms with Crippen molar-refractivity contribution in [2.75, 3.05) is 7.11 Å². The Balaban J connectivity index is 1.88. The standard InChI is InChI=1S/C24H19NO4/c1-16-11-17(14-26)9-10-23(16)29-15-18-5-3-6-19(12-18)20-7-4-8-21(22(20)13-25)24(27)28-2/h3-12,14H,15H2,1-2H3. The molecule has 0 saturated heterocycles. The molecule has 0 aliphatic heterocycles. The number of ether oxygens (including phenoxy) is 2. The molecule has 3 aromatic rings. The molecule has 0 aromatic heterocycles. The van der Waals surface area contributed by atoms with Crippen LogP contribution < -0.4 is 4.74 Å². The molecule has 0 bridgehead atoms. The maximum atomic E-state index is 12.0. The summed E-state index contributed by atoms with van der Waals surface area (Å²) in [7, 11) is 1.29. The van der Waals surface area contributed by atoms with Crippen molar-refractivity contribution in [2.45, 2.75) is 13.5 Å². The number of rotatable bonds is 6. The van der Waals surface area contributed by atoms with Gasteiger partial charge in [-0.25, -0.2) is 4.79 Å². The van der Waals surface area contributed by atoms with Crippen LogP contribution in [0.2, 0.25) is 0 Å². The smallest absolute Gasteiger partial charge is 0.339 e. The van der Waals surface area contributed by atoms with E-state index in [1.54, 1.807) is 36.4 Å². The Morgan fingerprint density at radius 2 is 1.90 bits per heavy atom. The van der Waals surface area contributed by atoms with Gasteiger partial charge in [0.2, 0.25) is 0 Å². The van der Waals surface area contributed by atoms with Crippen LogP contribution in [0.5, 0.6) is 5.75 Å². The van der Waals surface area contributed by atoms with Crippen LogP contribution in [-0.2, 0) is 11.3 Å². The Bertz CT molecular complexity index is 1110. The molecule has 3 aromatic carbocycles. The van der Waals surface area contributed by atoms with E-state index in [1.165, 1.54) is 7.11 Å². The van der Waals surface area contributed by atoms with E-state index in [0.717, 1.165) is 23.0 Å². The van der Waals surface area contributed by atoms with E-state index in [2.05, 4.69) is 6.07 Å². The van der Waals surface area contributed by atoms with Gasteiger partial charge in [0.1, 0.15) is 24.7 Å². The molecule has 0 amide bonds. The van der Waals surface area contributed by atoms with E-state index in [-0.39, 0.29) is 11.1 Å². The van der Waals surface area contributed by atoms with Crippen LogP contribution in [0.3, 0.4) is 0 Å². The number of methoxy groups -OCH3 is 1. The number of benzene rings is 3. The number of hydrogen-bond acceptors (Lipinski definition) is 5. The van der Waals surface area contributed by atoms with Gasteiger partial charge in [-0.2, -0.15) is 5.26 Å². The molecule has 3 rings (SSSR count). The van der Waals surface area contributed by atoms with E-state index >= 15 is 0 Å². The third-order valence-corrected chi connectivity index (χ3v) is 4.55. The molecule has 0 radical (unpaired) electrons. The number of nitriles is 1. The molecular formula is C24H19NO4. The van der Waals surface area contributed by atoms with Crippen LogP contribution in [-0.4, -0.2) is 19.4 Å². The van der Waals surface area contributed by atoms with Gasteiger partial charge < -0.3 is 9.47 Å². The van der Waals surface area contributed by atoms with Crippen LogP contribution >= 0.6 is 0 Å². The van der Waals surface area contributed by atoms with Crippen molar-refractivity contribution in [3.05, 3.63) is 88.5 Å². The molecule has 0 aliphatic rings. The first kappa shape index (κ1) is 19.8. The van der Waals surface area contributed by atoms with Crippen LogP contribution in [0.4, 0.5) is 0 Å². The number of hydrogen-bond donors (Lipinski definition) is 0. The lowest BCUT2D eigenvalue weighted by Crippen LogP contribution is -2.05. The number of aryl methyl sites for hydroxylation is 1. The summed E-state index contributed by atoms with van der Waals surface area (Å²) in [6.07, 6.45) is 0.801. The minimum Gasteiger partial charge on any atom is -0.489 e. The van der Waals surface area contributed by atoms with Crippen molar-refractivity contribution in [1.82, 2.24) is 0 Å². The minimum atomic E-state index is -0.544. The number of carbonyl (C=O) groups is 2. The van der Waals surface area contributed by atoms with Gasteiger partial charge in [-0.05, 0) is 53.9 Å². The summed E-state index contributed by atoms with van der Waals surface area (Å²) in [5.41, 5.74) is 4.37.